The molecule has 368 valence electrons. The van der Waals surface area contributed by atoms with Crippen LogP contribution in [0.5, 0.6) is 0 Å². The lowest BCUT2D eigenvalue weighted by Crippen LogP contribution is -2.30. The number of carbonyl (C=O) groups excluding carboxylic acids is 3. The van der Waals surface area contributed by atoms with E-state index in [0.29, 0.717) is 19.3 Å². The molecule has 0 unspecified atom stereocenters. The van der Waals surface area contributed by atoms with Gasteiger partial charge in [-0.25, -0.2) is 0 Å². The first kappa shape index (κ1) is 60.6. The topological polar surface area (TPSA) is 78.9 Å². The van der Waals surface area contributed by atoms with Gasteiger partial charge in [-0.2, -0.15) is 0 Å². The SMILES string of the molecule is CCCCCCCCC=CCCCCCCCC(=O)OCC(COC(=O)CCCCCCCC=CCCCCCCCC)OC(=O)CCCCCCC/C=C/CCCCCCCC. The molecule has 0 radical (unpaired) electrons. The number of hydrogen-bond donors (Lipinski definition) is 0. The summed E-state index contributed by atoms with van der Waals surface area (Å²) in [5, 5.41) is 0. The number of rotatable bonds is 50. The van der Waals surface area contributed by atoms with Crippen molar-refractivity contribution in [3.8, 4) is 0 Å². The summed E-state index contributed by atoms with van der Waals surface area (Å²) in [6, 6.07) is 0. The molecule has 0 N–H and O–H groups in total. The lowest BCUT2D eigenvalue weighted by molar-refractivity contribution is -0.167. The monoisotopic (exact) mass is 885 g/mol. The Kier molecular flexibility index (Phi) is 50.3. The van der Waals surface area contributed by atoms with Gasteiger partial charge in [-0.05, 0) is 96.3 Å². The molecule has 63 heavy (non-hydrogen) atoms. The van der Waals surface area contributed by atoms with Gasteiger partial charge in [0.1, 0.15) is 13.2 Å². The quantitative estimate of drug-likeness (QED) is 0.0262. The van der Waals surface area contributed by atoms with Crippen molar-refractivity contribution in [1.29, 1.82) is 0 Å². The van der Waals surface area contributed by atoms with Gasteiger partial charge in [0, 0.05) is 19.3 Å². The molecule has 0 aliphatic rings. The molecular formula is C57H104O6. The van der Waals surface area contributed by atoms with Crippen molar-refractivity contribution in [2.45, 2.75) is 297 Å². The van der Waals surface area contributed by atoms with Crippen LogP contribution in [0.15, 0.2) is 36.5 Å². The molecule has 0 saturated heterocycles. The smallest absolute Gasteiger partial charge is 0.306 e. The van der Waals surface area contributed by atoms with Gasteiger partial charge in [0.2, 0.25) is 0 Å². The second kappa shape index (κ2) is 52.3. The van der Waals surface area contributed by atoms with Crippen molar-refractivity contribution < 1.29 is 28.6 Å². The van der Waals surface area contributed by atoms with Crippen molar-refractivity contribution in [2.24, 2.45) is 0 Å². The van der Waals surface area contributed by atoms with Crippen molar-refractivity contribution >= 4 is 17.9 Å². The van der Waals surface area contributed by atoms with E-state index in [-0.39, 0.29) is 31.1 Å². The number of unbranched alkanes of at least 4 members (excludes halogenated alkanes) is 33. The molecule has 0 aliphatic heterocycles. The second-order valence-electron chi connectivity index (χ2n) is 18.5. The molecule has 0 aromatic rings. The molecule has 0 aromatic heterocycles. The molecule has 6 heteroatoms. The number of carbonyl (C=O) groups is 3. The molecule has 6 nitrogen and oxygen atoms in total. The number of allylic oxidation sites excluding steroid dienone is 6. The van der Waals surface area contributed by atoms with Gasteiger partial charge >= 0.3 is 17.9 Å². The van der Waals surface area contributed by atoms with E-state index in [1.54, 1.807) is 0 Å². The fourth-order valence-electron chi connectivity index (χ4n) is 7.90. The van der Waals surface area contributed by atoms with E-state index in [9.17, 15) is 14.4 Å². The standard InChI is InChI=1S/C57H104O6/c1-4-7-10-13-16-19-22-25-28-31-34-37-40-43-46-49-55(58)61-52-54(63-57(60)51-48-45-42-39-36-33-30-27-24-21-18-15-12-9-6-3)53-62-56(59)50-47-44-41-38-35-32-29-26-23-20-17-14-11-8-5-2/h25-30,54H,4-24,31-53H2,1-3H3/b28-25?,29-26?,30-27+. The first-order valence-electron chi connectivity index (χ1n) is 27.5. The zero-order valence-corrected chi connectivity index (χ0v) is 42.1. The van der Waals surface area contributed by atoms with E-state index in [4.69, 9.17) is 14.2 Å². The van der Waals surface area contributed by atoms with Crippen LogP contribution in [-0.4, -0.2) is 37.2 Å². The minimum absolute atomic E-state index is 0.0806. The van der Waals surface area contributed by atoms with Gasteiger partial charge in [-0.3, -0.25) is 14.4 Å². The molecule has 0 rings (SSSR count). The Morgan fingerprint density at radius 3 is 0.794 bits per heavy atom. The number of esters is 3. The van der Waals surface area contributed by atoms with Crippen LogP contribution < -0.4 is 0 Å². The van der Waals surface area contributed by atoms with Gasteiger partial charge in [0.25, 0.3) is 0 Å². The van der Waals surface area contributed by atoms with E-state index in [1.165, 1.54) is 173 Å². The predicted molar refractivity (Wildman–Crippen MR) is 270 cm³/mol. The molecule has 0 fully saturated rings. The van der Waals surface area contributed by atoms with Crippen LogP contribution in [0.3, 0.4) is 0 Å². The van der Waals surface area contributed by atoms with Crippen LogP contribution in [0.1, 0.15) is 290 Å². The summed E-state index contributed by atoms with van der Waals surface area (Å²) in [4.78, 5) is 38.0. The summed E-state index contributed by atoms with van der Waals surface area (Å²) in [5.41, 5.74) is 0. The number of hydrogen-bond acceptors (Lipinski definition) is 6. The highest BCUT2D eigenvalue weighted by Gasteiger charge is 2.19. The maximum absolute atomic E-state index is 12.8. The molecule has 0 spiro atoms. The molecule has 0 heterocycles. The highest BCUT2D eigenvalue weighted by Crippen LogP contribution is 2.15. The van der Waals surface area contributed by atoms with E-state index in [0.717, 1.165) is 77.0 Å². The first-order chi connectivity index (χ1) is 31.0. The van der Waals surface area contributed by atoms with Crippen LogP contribution in [0.25, 0.3) is 0 Å². The van der Waals surface area contributed by atoms with Gasteiger partial charge in [-0.1, -0.05) is 211 Å². The minimum atomic E-state index is -0.781. The highest BCUT2D eigenvalue weighted by atomic mass is 16.6. The van der Waals surface area contributed by atoms with E-state index < -0.39 is 6.10 Å². The molecule has 0 atom stereocenters. The Morgan fingerprint density at radius 2 is 0.524 bits per heavy atom. The number of ether oxygens (including phenoxy) is 3. The van der Waals surface area contributed by atoms with Crippen molar-refractivity contribution in [3.05, 3.63) is 36.5 Å². The molecule has 0 bridgehead atoms. The Hall–Kier alpha value is -2.37. The summed E-state index contributed by atoms with van der Waals surface area (Å²) < 4.78 is 16.8. The Morgan fingerprint density at radius 1 is 0.302 bits per heavy atom. The van der Waals surface area contributed by atoms with Gasteiger partial charge in [0.15, 0.2) is 6.10 Å². The van der Waals surface area contributed by atoms with E-state index >= 15 is 0 Å². The molecule has 0 amide bonds. The zero-order valence-electron chi connectivity index (χ0n) is 42.1. The molecule has 0 saturated carbocycles. The minimum Gasteiger partial charge on any atom is -0.462 e. The van der Waals surface area contributed by atoms with Crippen LogP contribution in [0, 0.1) is 0 Å². The zero-order chi connectivity index (χ0) is 45.8. The summed E-state index contributed by atoms with van der Waals surface area (Å²) in [7, 11) is 0. The van der Waals surface area contributed by atoms with Crippen LogP contribution in [0.2, 0.25) is 0 Å². The highest BCUT2D eigenvalue weighted by molar-refractivity contribution is 5.71. The predicted octanol–water partition coefficient (Wildman–Crippen LogP) is 18.1. The Balaban J connectivity index is 4.39. The van der Waals surface area contributed by atoms with E-state index in [2.05, 4.69) is 57.2 Å². The molecule has 0 aromatic carbocycles. The first-order valence-corrected chi connectivity index (χ1v) is 27.5. The maximum atomic E-state index is 12.8. The third kappa shape index (κ3) is 50.5. The van der Waals surface area contributed by atoms with Crippen molar-refractivity contribution in [2.75, 3.05) is 13.2 Å². The maximum Gasteiger partial charge on any atom is 0.306 e. The third-order valence-electron chi connectivity index (χ3n) is 12.1. The molecule has 0 aliphatic carbocycles. The van der Waals surface area contributed by atoms with Crippen molar-refractivity contribution in [1.82, 2.24) is 0 Å². The average molecular weight is 885 g/mol. The van der Waals surface area contributed by atoms with Gasteiger partial charge < -0.3 is 14.2 Å². The molecular weight excluding hydrogens is 781 g/mol. The summed E-state index contributed by atoms with van der Waals surface area (Å²) in [6.45, 7) is 6.63. The summed E-state index contributed by atoms with van der Waals surface area (Å²) in [5.74, 6) is -0.893. The Bertz CT molecular complexity index is 1010. The lowest BCUT2D eigenvalue weighted by atomic mass is 10.1. The van der Waals surface area contributed by atoms with E-state index in [1.807, 2.05) is 0 Å². The van der Waals surface area contributed by atoms with Gasteiger partial charge in [-0.15, -0.1) is 0 Å². The lowest BCUT2D eigenvalue weighted by Gasteiger charge is -2.18. The summed E-state index contributed by atoms with van der Waals surface area (Å²) in [6.07, 6.45) is 61.2. The van der Waals surface area contributed by atoms with Crippen LogP contribution >= 0.6 is 0 Å². The largest absolute Gasteiger partial charge is 0.462 e. The Labute approximate surface area is 391 Å². The fourth-order valence-corrected chi connectivity index (χ4v) is 7.90. The fraction of sp³-hybridized carbons (Fsp3) is 0.842. The van der Waals surface area contributed by atoms with Crippen LogP contribution in [0.4, 0.5) is 0 Å². The third-order valence-corrected chi connectivity index (χ3v) is 12.1. The van der Waals surface area contributed by atoms with Gasteiger partial charge in [0.05, 0.1) is 0 Å². The van der Waals surface area contributed by atoms with Crippen LogP contribution in [-0.2, 0) is 28.6 Å². The van der Waals surface area contributed by atoms with Crippen molar-refractivity contribution in [3.63, 3.8) is 0 Å². The summed E-state index contributed by atoms with van der Waals surface area (Å²) >= 11 is 0. The normalized spacial score (nSPS) is 12.2. The average Bonchev–Trinajstić information content (AvgIpc) is 3.28. The second-order valence-corrected chi connectivity index (χ2v) is 18.5.